The fraction of sp³-hybridized carbons (Fsp3) is 0.222. The third-order valence-electron chi connectivity index (χ3n) is 4.14. The molecule has 1 amide bonds. The van der Waals surface area contributed by atoms with E-state index in [4.69, 9.17) is 0 Å². The Kier molecular flexibility index (Phi) is 4.50. The van der Waals surface area contributed by atoms with Crippen LogP contribution < -0.4 is 4.90 Å². The Hall–Kier alpha value is -2.25. The molecule has 0 bridgehead atoms. The maximum absolute atomic E-state index is 12.4. The van der Waals surface area contributed by atoms with Crippen molar-refractivity contribution in [2.24, 2.45) is 0 Å². The van der Waals surface area contributed by atoms with Gasteiger partial charge in [-0.15, -0.1) is 11.3 Å². The van der Waals surface area contributed by atoms with E-state index in [0.29, 0.717) is 17.7 Å². The van der Waals surface area contributed by atoms with Crippen LogP contribution in [0.25, 0.3) is 10.2 Å². The zero-order valence-corrected chi connectivity index (χ0v) is 15.0. The van der Waals surface area contributed by atoms with E-state index in [1.54, 1.807) is 28.4 Å². The SMILES string of the molecule is O=C(CSc1ncnc2sccc12)c1ccc(N2CCCC2=O)cc1. The van der Waals surface area contributed by atoms with E-state index in [-0.39, 0.29) is 11.7 Å². The first-order chi connectivity index (χ1) is 12.2. The smallest absolute Gasteiger partial charge is 0.227 e. The van der Waals surface area contributed by atoms with Gasteiger partial charge in [-0.2, -0.15) is 0 Å². The molecule has 1 fully saturated rings. The van der Waals surface area contributed by atoms with Crippen LogP contribution in [0.5, 0.6) is 0 Å². The molecule has 0 unspecified atom stereocenters. The second kappa shape index (κ2) is 6.93. The number of amides is 1. The van der Waals surface area contributed by atoms with Crippen LogP contribution >= 0.6 is 23.1 Å². The number of thiophene rings is 1. The summed E-state index contributed by atoms with van der Waals surface area (Å²) in [6.07, 6.45) is 3.03. The van der Waals surface area contributed by atoms with Crippen molar-refractivity contribution in [2.45, 2.75) is 17.9 Å². The molecule has 0 spiro atoms. The normalized spacial score (nSPS) is 14.4. The number of anilines is 1. The maximum atomic E-state index is 12.4. The minimum atomic E-state index is 0.0475. The van der Waals surface area contributed by atoms with E-state index in [9.17, 15) is 9.59 Å². The molecular formula is C18H15N3O2S2. The summed E-state index contributed by atoms with van der Waals surface area (Å²) in [5.74, 6) is 0.522. The number of thioether (sulfide) groups is 1. The number of rotatable bonds is 5. The van der Waals surface area contributed by atoms with Crippen molar-refractivity contribution < 1.29 is 9.59 Å². The van der Waals surface area contributed by atoms with Gasteiger partial charge in [0.15, 0.2) is 5.78 Å². The molecular weight excluding hydrogens is 354 g/mol. The van der Waals surface area contributed by atoms with Gasteiger partial charge in [0.1, 0.15) is 16.2 Å². The first-order valence-corrected chi connectivity index (χ1v) is 9.83. The fourth-order valence-electron chi connectivity index (χ4n) is 2.85. The van der Waals surface area contributed by atoms with Crippen molar-refractivity contribution in [2.75, 3.05) is 17.2 Å². The van der Waals surface area contributed by atoms with Crippen molar-refractivity contribution >= 4 is 50.7 Å². The van der Waals surface area contributed by atoms with E-state index in [0.717, 1.165) is 33.9 Å². The molecule has 126 valence electrons. The summed E-state index contributed by atoms with van der Waals surface area (Å²) in [6.45, 7) is 0.756. The van der Waals surface area contributed by atoms with Crippen LogP contribution in [0.4, 0.5) is 5.69 Å². The molecule has 0 atom stereocenters. The molecule has 2 aromatic heterocycles. The summed E-state index contributed by atoms with van der Waals surface area (Å²) in [5.41, 5.74) is 1.51. The lowest BCUT2D eigenvalue weighted by Crippen LogP contribution is -2.23. The van der Waals surface area contributed by atoms with Crippen LogP contribution in [-0.2, 0) is 4.79 Å². The molecule has 1 aromatic carbocycles. The summed E-state index contributed by atoms with van der Waals surface area (Å²) in [4.78, 5) is 35.4. The minimum Gasteiger partial charge on any atom is -0.312 e. The molecule has 0 saturated carbocycles. The number of nitrogens with zero attached hydrogens (tertiary/aromatic N) is 3. The largest absolute Gasteiger partial charge is 0.312 e. The highest BCUT2D eigenvalue weighted by atomic mass is 32.2. The zero-order valence-electron chi connectivity index (χ0n) is 13.3. The summed E-state index contributed by atoms with van der Waals surface area (Å²) < 4.78 is 0. The minimum absolute atomic E-state index is 0.0475. The Balaban J connectivity index is 1.44. The Morgan fingerprint density at radius 3 is 2.80 bits per heavy atom. The van der Waals surface area contributed by atoms with E-state index in [1.165, 1.54) is 18.1 Å². The monoisotopic (exact) mass is 369 g/mol. The lowest BCUT2D eigenvalue weighted by molar-refractivity contribution is -0.117. The van der Waals surface area contributed by atoms with Crippen LogP contribution in [0.15, 0.2) is 47.1 Å². The van der Waals surface area contributed by atoms with Gasteiger partial charge in [-0.3, -0.25) is 9.59 Å². The zero-order chi connectivity index (χ0) is 17.2. The van der Waals surface area contributed by atoms with Gasteiger partial charge < -0.3 is 4.90 Å². The summed E-state index contributed by atoms with van der Waals surface area (Å²) in [5, 5.41) is 3.80. The summed E-state index contributed by atoms with van der Waals surface area (Å²) in [6, 6.07) is 9.27. The Morgan fingerprint density at radius 2 is 2.04 bits per heavy atom. The van der Waals surface area contributed by atoms with Gasteiger partial charge in [-0.25, -0.2) is 9.97 Å². The molecule has 5 nitrogen and oxygen atoms in total. The van der Waals surface area contributed by atoms with Crippen molar-refractivity contribution in [3.05, 3.63) is 47.6 Å². The van der Waals surface area contributed by atoms with Crippen molar-refractivity contribution in [3.8, 4) is 0 Å². The van der Waals surface area contributed by atoms with E-state index in [1.807, 2.05) is 23.6 Å². The number of benzene rings is 1. The first-order valence-electron chi connectivity index (χ1n) is 7.97. The van der Waals surface area contributed by atoms with Gasteiger partial charge >= 0.3 is 0 Å². The van der Waals surface area contributed by atoms with Crippen LogP contribution in [0.1, 0.15) is 23.2 Å². The molecule has 7 heteroatoms. The average molecular weight is 369 g/mol. The van der Waals surface area contributed by atoms with Crippen LogP contribution in [0, 0.1) is 0 Å². The average Bonchev–Trinajstić information content (AvgIpc) is 3.28. The number of Topliss-reactive ketones (excluding diaryl/α,β-unsaturated/α-hetero) is 1. The first kappa shape index (κ1) is 16.2. The molecule has 0 aliphatic carbocycles. The number of hydrogen-bond donors (Lipinski definition) is 0. The number of ketones is 1. The Labute approximate surface area is 153 Å². The molecule has 1 saturated heterocycles. The number of aromatic nitrogens is 2. The predicted octanol–water partition coefficient (Wildman–Crippen LogP) is 3.79. The van der Waals surface area contributed by atoms with Gasteiger partial charge in [0.2, 0.25) is 5.91 Å². The molecule has 25 heavy (non-hydrogen) atoms. The van der Waals surface area contributed by atoms with Crippen LogP contribution in [0.2, 0.25) is 0 Å². The van der Waals surface area contributed by atoms with Crippen molar-refractivity contribution in [3.63, 3.8) is 0 Å². The van der Waals surface area contributed by atoms with Crippen LogP contribution in [0.3, 0.4) is 0 Å². The van der Waals surface area contributed by atoms with E-state index >= 15 is 0 Å². The van der Waals surface area contributed by atoms with Gasteiger partial charge in [-0.05, 0) is 42.1 Å². The van der Waals surface area contributed by atoms with E-state index < -0.39 is 0 Å². The second-order valence-corrected chi connectivity index (χ2v) is 7.58. The lowest BCUT2D eigenvalue weighted by atomic mass is 10.1. The molecule has 1 aliphatic rings. The third kappa shape index (κ3) is 3.29. The molecule has 0 radical (unpaired) electrons. The Bertz CT molecular complexity index is 937. The molecule has 3 aromatic rings. The second-order valence-electron chi connectivity index (χ2n) is 5.73. The topological polar surface area (TPSA) is 63.2 Å². The quantitative estimate of drug-likeness (QED) is 0.389. The highest BCUT2D eigenvalue weighted by Crippen LogP contribution is 2.28. The van der Waals surface area contributed by atoms with E-state index in [2.05, 4.69) is 9.97 Å². The Morgan fingerprint density at radius 1 is 1.20 bits per heavy atom. The molecule has 1 aliphatic heterocycles. The number of carbonyl (C=O) groups excluding carboxylic acids is 2. The highest BCUT2D eigenvalue weighted by Gasteiger charge is 2.21. The third-order valence-corrected chi connectivity index (χ3v) is 5.97. The number of carbonyl (C=O) groups is 2. The maximum Gasteiger partial charge on any atom is 0.227 e. The number of hydrogen-bond acceptors (Lipinski definition) is 6. The molecule has 0 N–H and O–H groups in total. The summed E-state index contributed by atoms with van der Waals surface area (Å²) >= 11 is 2.99. The van der Waals surface area contributed by atoms with Crippen molar-refractivity contribution in [1.29, 1.82) is 0 Å². The van der Waals surface area contributed by atoms with Crippen molar-refractivity contribution in [1.82, 2.24) is 9.97 Å². The van der Waals surface area contributed by atoms with Crippen LogP contribution in [-0.4, -0.2) is 34.0 Å². The fourth-order valence-corrected chi connectivity index (χ4v) is 4.52. The lowest BCUT2D eigenvalue weighted by Gasteiger charge is -2.15. The standard InChI is InChI=1S/C18H15N3O2S2/c22-15(10-25-18-14-7-9-24-17(14)19-11-20-18)12-3-5-13(6-4-12)21-8-1-2-16(21)23/h3-7,9,11H,1-2,8,10H2. The van der Waals surface area contributed by atoms with Gasteiger partial charge in [0.05, 0.1) is 5.75 Å². The predicted molar refractivity (Wildman–Crippen MR) is 100 cm³/mol. The number of fused-ring (bicyclic) bond motifs is 1. The highest BCUT2D eigenvalue weighted by molar-refractivity contribution is 8.00. The van der Waals surface area contributed by atoms with Gasteiger partial charge in [-0.1, -0.05) is 11.8 Å². The molecule has 4 rings (SSSR count). The summed E-state index contributed by atoms with van der Waals surface area (Å²) in [7, 11) is 0. The van der Waals surface area contributed by atoms with Gasteiger partial charge in [0, 0.05) is 29.6 Å². The molecule has 3 heterocycles. The van der Waals surface area contributed by atoms with Gasteiger partial charge in [0.25, 0.3) is 0 Å².